The fourth-order valence-electron chi connectivity index (χ4n) is 2.75. The number of hydrogen-bond donors (Lipinski definition) is 2. The summed E-state index contributed by atoms with van der Waals surface area (Å²) in [5.41, 5.74) is 3.67. The SMILES string of the molecule is CCNC(=NCCN(C)CCCOC)NCCc1c(C)nn(C)c1C.I. The highest BCUT2D eigenvalue weighted by molar-refractivity contribution is 14.0. The summed E-state index contributed by atoms with van der Waals surface area (Å²) in [6.07, 6.45) is 2.01. The van der Waals surface area contributed by atoms with Gasteiger partial charge in [0.15, 0.2) is 5.96 Å². The highest BCUT2D eigenvalue weighted by atomic mass is 127. The Morgan fingerprint density at radius 3 is 2.58 bits per heavy atom. The fraction of sp³-hybridized carbons (Fsp3) is 0.778. The molecule has 8 heteroatoms. The van der Waals surface area contributed by atoms with Crippen molar-refractivity contribution in [3.05, 3.63) is 17.0 Å². The molecule has 26 heavy (non-hydrogen) atoms. The number of halogens is 1. The molecule has 0 spiro atoms. The lowest BCUT2D eigenvalue weighted by molar-refractivity contribution is 0.180. The van der Waals surface area contributed by atoms with Gasteiger partial charge in [-0.05, 0) is 46.2 Å². The molecule has 2 N–H and O–H groups in total. The summed E-state index contributed by atoms with van der Waals surface area (Å²) in [4.78, 5) is 6.95. The van der Waals surface area contributed by atoms with E-state index < -0.39 is 0 Å². The summed E-state index contributed by atoms with van der Waals surface area (Å²) in [6.45, 7) is 11.6. The van der Waals surface area contributed by atoms with E-state index in [0.29, 0.717) is 0 Å². The van der Waals surface area contributed by atoms with Crippen LogP contribution in [0.1, 0.15) is 30.3 Å². The molecular formula is C18H37IN6O. The summed E-state index contributed by atoms with van der Waals surface area (Å²) < 4.78 is 7.03. The summed E-state index contributed by atoms with van der Waals surface area (Å²) in [6, 6.07) is 0. The molecule has 1 heterocycles. The van der Waals surface area contributed by atoms with Gasteiger partial charge in [-0.1, -0.05) is 0 Å². The molecular weight excluding hydrogens is 443 g/mol. The molecule has 0 fully saturated rings. The van der Waals surface area contributed by atoms with Gasteiger partial charge in [0.1, 0.15) is 0 Å². The molecule has 0 aliphatic carbocycles. The van der Waals surface area contributed by atoms with Gasteiger partial charge in [0.05, 0.1) is 12.2 Å². The van der Waals surface area contributed by atoms with E-state index in [9.17, 15) is 0 Å². The van der Waals surface area contributed by atoms with E-state index in [-0.39, 0.29) is 24.0 Å². The Bertz CT molecular complexity index is 532. The highest BCUT2D eigenvalue weighted by Gasteiger charge is 2.09. The number of aromatic nitrogens is 2. The van der Waals surface area contributed by atoms with E-state index in [1.54, 1.807) is 7.11 Å². The van der Waals surface area contributed by atoms with Gasteiger partial charge >= 0.3 is 0 Å². The molecule has 152 valence electrons. The Balaban J connectivity index is 0.00000625. The third-order valence-corrected chi connectivity index (χ3v) is 4.31. The quantitative estimate of drug-likeness (QED) is 0.219. The fourth-order valence-corrected chi connectivity index (χ4v) is 2.75. The normalized spacial score (nSPS) is 11.6. The molecule has 0 amide bonds. The van der Waals surface area contributed by atoms with Crippen molar-refractivity contribution in [2.45, 2.75) is 33.6 Å². The predicted molar refractivity (Wildman–Crippen MR) is 120 cm³/mol. The second kappa shape index (κ2) is 14.2. The van der Waals surface area contributed by atoms with Crippen LogP contribution in [-0.2, 0) is 18.2 Å². The molecule has 0 aromatic carbocycles. The van der Waals surface area contributed by atoms with Crippen LogP contribution in [0.5, 0.6) is 0 Å². The summed E-state index contributed by atoms with van der Waals surface area (Å²) in [5.74, 6) is 0.881. The van der Waals surface area contributed by atoms with Gasteiger partial charge in [0, 0.05) is 52.6 Å². The van der Waals surface area contributed by atoms with Crippen molar-refractivity contribution < 1.29 is 4.74 Å². The molecule has 1 rings (SSSR count). The Kier molecular flexibility index (Phi) is 13.7. The van der Waals surface area contributed by atoms with E-state index in [1.165, 1.54) is 11.3 Å². The van der Waals surface area contributed by atoms with E-state index in [2.05, 4.69) is 53.4 Å². The Morgan fingerprint density at radius 2 is 2.00 bits per heavy atom. The third-order valence-electron chi connectivity index (χ3n) is 4.31. The second-order valence-electron chi connectivity index (χ2n) is 6.36. The van der Waals surface area contributed by atoms with E-state index in [0.717, 1.165) is 63.8 Å². The molecule has 0 unspecified atom stereocenters. The van der Waals surface area contributed by atoms with Crippen LogP contribution < -0.4 is 10.6 Å². The Hall–Kier alpha value is -0.870. The molecule has 0 aliphatic rings. The Labute approximate surface area is 176 Å². The average molecular weight is 480 g/mol. The van der Waals surface area contributed by atoms with Crippen molar-refractivity contribution in [3.63, 3.8) is 0 Å². The Morgan fingerprint density at radius 1 is 1.27 bits per heavy atom. The van der Waals surface area contributed by atoms with Crippen LogP contribution in [0.25, 0.3) is 0 Å². The first kappa shape index (κ1) is 25.1. The summed E-state index contributed by atoms with van der Waals surface area (Å²) in [7, 11) is 5.86. The number of likely N-dealkylation sites (N-methyl/N-ethyl adjacent to an activating group) is 1. The minimum Gasteiger partial charge on any atom is -0.385 e. The van der Waals surface area contributed by atoms with Crippen molar-refractivity contribution in [3.8, 4) is 0 Å². The summed E-state index contributed by atoms with van der Waals surface area (Å²) >= 11 is 0. The van der Waals surface area contributed by atoms with Gasteiger partial charge in [0.25, 0.3) is 0 Å². The zero-order chi connectivity index (χ0) is 18.7. The minimum absolute atomic E-state index is 0. The maximum Gasteiger partial charge on any atom is 0.191 e. The lowest BCUT2D eigenvalue weighted by Gasteiger charge is -2.16. The lowest BCUT2D eigenvalue weighted by atomic mass is 10.1. The van der Waals surface area contributed by atoms with Crippen LogP contribution in [-0.4, -0.2) is 74.1 Å². The van der Waals surface area contributed by atoms with Crippen molar-refractivity contribution >= 4 is 29.9 Å². The number of guanidine groups is 1. The number of hydrogen-bond acceptors (Lipinski definition) is 4. The number of aliphatic imine (C=N–C) groups is 1. The van der Waals surface area contributed by atoms with Crippen LogP contribution in [0.4, 0.5) is 0 Å². The zero-order valence-electron chi connectivity index (χ0n) is 17.3. The first-order valence-corrected chi connectivity index (χ1v) is 9.18. The van der Waals surface area contributed by atoms with Crippen molar-refractivity contribution in [1.82, 2.24) is 25.3 Å². The lowest BCUT2D eigenvalue weighted by Crippen LogP contribution is -2.39. The topological polar surface area (TPSA) is 66.7 Å². The molecule has 0 atom stereocenters. The molecule has 0 saturated heterocycles. The van der Waals surface area contributed by atoms with Crippen LogP contribution in [0.3, 0.4) is 0 Å². The molecule has 1 aromatic rings. The zero-order valence-corrected chi connectivity index (χ0v) is 19.6. The van der Waals surface area contributed by atoms with Gasteiger partial charge in [0.2, 0.25) is 0 Å². The number of rotatable bonds is 11. The first-order valence-electron chi connectivity index (χ1n) is 9.18. The number of aryl methyl sites for hydroxylation is 2. The molecule has 0 aliphatic heterocycles. The van der Waals surface area contributed by atoms with Gasteiger partial charge in [-0.15, -0.1) is 24.0 Å². The largest absolute Gasteiger partial charge is 0.385 e. The smallest absolute Gasteiger partial charge is 0.191 e. The van der Waals surface area contributed by atoms with Gasteiger partial charge in [-0.25, -0.2) is 0 Å². The maximum absolute atomic E-state index is 5.09. The van der Waals surface area contributed by atoms with E-state index in [4.69, 9.17) is 4.74 Å². The van der Waals surface area contributed by atoms with Crippen LogP contribution in [0.2, 0.25) is 0 Å². The van der Waals surface area contributed by atoms with Gasteiger partial charge < -0.3 is 20.3 Å². The van der Waals surface area contributed by atoms with Crippen molar-refractivity contribution in [2.75, 3.05) is 53.5 Å². The van der Waals surface area contributed by atoms with E-state index in [1.807, 2.05) is 11.7 Å². The highest BCUT2D eigenvalue weighted by Crippen LogP contribution is 2.11. The molecule has 0 bridgehead atoms. The number of nitrogens with zero attached hydrogens (tertiary/aromatic N) is 4. The maximum atomic E-state index is 5.09. The molecule has 1 aromatic heterocycles. The third kappa shape index (κ3) is 9.18. The van der Waals surface area contributed by atoms with Gasteiger partial charge in [-0.2, -0.15) is 5.10 Å². The van der Waals surface area contributed by atoms with Crippen LogP contribution in [0.15, 0.2) is 4.99 Å². The second-order valence-corrected chi connectivity index (χ2v) is 6.36. The standard InChI is InChI=1S/C18H36N6O.HI/c1-7-19-18(21-11-13-23(4)12-8-14-25-6)20-10-9-17-15(2)22-24(5)16(17)3;/h7-14H2,1-6H3,(H2,19,20,21);1H. The first-order chi connectivity index (χ1) is 12.0. The van der Waals surface area contributed by atoms with E-state index >= 15 is 0 Å². The average Bonchev–Trinajstić information content (AvgIpc) is 2.81. The number of ether oxygens (including phenoxy) is 1. The minimum atomic E-state index is 0. The predicted octanol–water partition coefficient (Wildman–Crippen LogP) is 1.72. The number of nitrogens with one attached hydrogen (secondary N) is 2. The van der Waals surface area contributed by atoms with Crippen molar-refractivity contribution in [2.24, 2.45) is 12.0 Å². The number of methoxy groups -OCH3 is 1. The molecule has 0 radical (unpaired) electrons. The summed E-state index contributed by atoms with van der Waals surface area (Å²) in [5, 5.41) is 11.2. The van der Waals surface area contributed by atoms with Crippen LogP contribution in [0, 0.1) is 13.8 Å². The molecule has 7 nitrogen and oxygen atoms in total. The molecule has 0 saturated carbocycles. The monoisotopic (exact) mass is 480 g/mol. The van der Waals surface area contributed by atoms with Gasteiger partial charge in [-0.3, -0.25) is 9.67 Å². The van der Waals surface area contributed by atoms with Crippen LogP contribution >= 0.6 is 24.0 Å². The van der Waals surface area contributed by atoms with Crippen molar-refractivity contribution in [1.29, 1.82) is 0 Å².